The summed E-state index contributed by atoms with van der Waals surface area (Å²) in [5.41, 5.74) is 8.26. The number of nitrogens with two attached hydrogens (primary N) is 1. The molecule has 0 unspecified atom stereocenters. The quantitative estimate of drug-likeness (QED) is 0.872. The second-order valence-corrected chi connectivity index (χ2v) is 4.18. The lowest BCUT2D eigenvalue weighted by atomic mass is 10.0. The van der Waals surface area contributed by atoms with Crippen molar-refractivity contribution in [3.63, 3.8) is 0 Å². The van der Waals surface area contributed by atoms with Crippen molar-refractivity contribution in [2.24, 2.45) is 0 Å². The molecule has 2 rings (SSSR count). The maximum Gasteiger partial charge on any atom is 0.230 e. The summed E-state index contributed by atoms with van der Waals surface area (Å²) < 4.78 is 20.7. The predicted octanol–water partition coefficient (Wildman–Crippen LogP) is 2.13. The summed E-state index contributed by atoms with van der Waals surface area (Å²) in [4.78, 5) is 0. The predicted molar refractivity (Wildman–Crippen MR) is 75.0 cm³/mol. The van der Waals surface area contributed by atoms with Crippen LogP contribution < -0.4 is 15.2 Å². The molecule has 1 heterocycles. The molecule has 0 aliphatic rings. The summed E-state index contributed by atoms with van der Waals surface area (Å²) in [6, 6.07) is 5.55. The SMILES string of the molecule is COCCc1noc(N)c1-c1ccc(OC)c(OC)c1. The molecule has 6 heteroatoms. The average Bonchev–Trinajstić information content (AvgIpc) is 2.85. The maximum atomic E-state index is 5.87. The van der Waals surface area contributed by atoms with Crippen LogP contribution in [0.2, 0.25) is 0 Å². The zero-order valence-electron chi connectivity index (χ0n) is 11.8. The minimum absolute atomic E-state index is 0.281. The van der Waals surface area contributed by atoms with Crippen molar-refractivity contribution in [3.8, 4) is 22.6 Å². The van der Waals surface area contributed by atoms with Crippen molar-refractivity contribution >= 4 is 5.88 Å². The lowest BCUT2D eigenvalue weighted by molar-refractivity contribution is 0.200. The van der Waals surface area contributed by atoms with Crippen LogP contribution in [0.4, 0.5) is 5.88 Å². The van der Waals surface area contributed by atoms with Gasteiger partial charge in [-0.1, -0.05) is 11.2 Å². The van der Waals surface area contributed by atoms with Crippen molar-refractivity contribution in [3.05, 3.63) is 23.9 Å². The summed E-state index contributed by atoms with van der Waals surface area (Å²) in [5, 5.41) is 3.98. The lowest BCUT2D eigenvalue weighted by Crippen LogP contribution is -1.98. The molecular formula is C14H18N2O4. The van der Waals surface area contributed by atoms with Crippen LogP contribution in [0.5, 0.6) is 11.5 Å². The highest BCUT2D eigenvalue weighted by molar-refractivity contribution is 5.76. The van der Waals surface area contributed by atoms with E-state index in [1.165, 1.54) is 0 Å². The Kier molecular flexibility index (Phi) is 4.47. The molecule has 2 N–H and O–H groups in total. The van der Waals surface area contributed by atoms with E-state index in [0.717, 1.165) is 16.8 Å². The Balaban J connectivity index is 2.43. The fourth-order valence-electron chi connectivity index (χ4n) is 2.01. The average molecular weight is 278 g/mol. The first-order valence-electron chi connectivity index (χ1n) is 6.16. The molecule has 0 aliphatic carbocycles. The number of benzene rings is 1. The van der Waals surface area contributed by atoms with Crippen molar-refractivity contribution < 1.29 is 18.7 Å². The smallest absolute Gasteiger partial charge is 0.230 e. The Bertz CT molecular complexity index is 581. The van der Waals surface area contributed by atoms with E-state index in [1.54, 1.807) is 21.3 Å². The van der Waals surface area contributed by atoms with Crippen LogP contribution in [0.15, 0.2) is 22.7 Å². The fourth-order valence-corrected chi connectivity index (χ4v) is 2.01. The number of ether oxygens (including phenoxy) is 3. The van der Waals surface area contributed by atoms with Crippen molar-refractivity contribution in [1.82, 2.24) is 5.16 Å². The highest BCUT2D eigenvalue weighted by atomic mass is 16.5. The zero-order chi connectivity index (χ0) is 14.5. The second kappa shape index (κ2) is 6.29. The number of nitrogens with zero attached hydrogens (tertiary/aromatic N) is 1. The highest BCUT2D eigenvalue weighted by Gasteiger charge is 2.17. The van der Waals surface area contributed by atoms with Crippen molar-refractivity contribution in [1.29, 1.82) is 0 Å². The molecule has 2 aromatic rings. The highest BCUT2D eigenvalue weighted by Crippen LogP contribution is 2.36. The molecule has 0 spiro atoms. The largest absolute Gasteiger partial charge is 0.493 e. The van der Waals surface area contributed by atoms with E-state index in [0.29, 0.717) is 24.5 Å². The third kappa shape index (κ3) is 2.70. The first-order valence-corrected chi connectivity index (χ1v) is 6.16. The molecule has 0 atom stereocenters. The number of aromatic nitrogens is 1. The molecule has 0 radical (unpaired) electrons. The van der Waals surface area contributed by atoms with Gasteiger partial charge in [0.2, 0.25) is 5.88 Å². The van der Waals surface area contributed by atoms with Gasteiger partial charge < -0.3 is 24.5 Å². The molecule has 0 amide bonds. The van der Waals surface area contributed by atoms with E-state index >= 15 is 0 Å². The van der Waals surface area contributed by atoms with Crippen LogP contribution >= 0.6 is 0 Å². The van der Waals surface area contributed by atoms with Crippen LogP contribution in [0, 0.1) is 0 Å². The summed E-state index contributed by atoms with van der Waals surface area (Å²) >= 11 is 0. The fraction of sp³-hybridized carbons (Fsp3) is 0.357. The topological polar surface area (TPSA) is 79.7 Å². The maximum absolute atomic E-state index is 5.87. The molecule has 0 saturated heterocycles. The van der Waals surface area contributed by atoms with E-state index in [2.05, 4.69) is 5.16 Å². The monoisotopic (exact) mass is 278 g/mol. The number of nitrogen functional groups attached to an aromatic ring is 1. The first-order chi connectivity index (χ1) is 9.71. The molecule has 1 aromatic heterocycles. The lowest BCUT2D eigenvalue weighted by Gasteiger charge is -2.09. The molecule has 0 saturated carbocycles. The van der Waals surface area contributed by atoms with Crippen molar-refractivity contribution in [2.45, 2.75) is 6.42 Å². The minimum Gasteiger partial charge on any atom is -0.493 e. The molecule has 108 valence electrons. The Morgan fingerprint density at radius 1 is 1.15 bits per heavy atom. The van der Waals surface area contributed by atoms with Gasteiger partial charge in [-0.15, -0.1) is 0 Å². The Morgan fingerprint density at radius 3 is 2.55 bits per heavy atom. The number of hydrogen-bond acceptors (Lipinski definition) is 6. The third-order valence-electron chi connectivity index (χ3n) is 3.00. The van der Waals surface area contributed by atoms with Gasteiger partial charge in [-0.3, -0.25) is 0 Å². The molecule has 0 aliphatic heterocycles. The van der Waals surface area contributed by atoms with Gasteiger partial charge in [0.1, 0.15) is 0 Å². The van der Waals surface area contributed by atoms with E-state index < -0.39 is 0 Å². The first kappa shape index (κ1) is 14.2. The molecule has 20 heavy (non-hydrogen) atoms. The minimum atomic E-state index is 0.281. The van der Waals surface area contributed by atoms with Crippen LogP contribution in [0.1, 0.15) is 5.69 Å². The van der Waals surface area contributed by atoms with Gasteiger partial charge in [0.05, 0.1) is 32.1 Å². The number of anilines is 1. The molecular weight excluding hydrogens is 260 g/mol. The summed E-state index contributed by atoms with van der Waals surface area (Å²) in [7, 11) is 4.82. The molecule has 0 fully saturated rings. The van der Waals surface area contributed by atoms with E-state index in [4.69, 9.17) is 24.5 Å². The Labute approximate surface area is 117 Å². The Hall–Kier alpha value is -2.21. The van der Waals surface area contributed by atoms with Crippen LogP contribution in [-0.2, 0) is 11.2 Å². The van der Waals surface area contributed by atoms with E-state index in [-0.39, 0.29) is 5.88 Å². The van der Waals surface area contributed by atoms with Crippen LogP contribution in [0.3, 0.4) is 0 Å². The molecule has 6 nitrogen and oxygen atoms in total. The van der Waals surface area contributed by atoms with Gasteiger partial charge in [-0.2, -0.15) is 0 Å². The second-order valence-electron chi connectivity index (χ2n) is 4.18. The van der Waals surface area contributed by atoms with Gasteiger partial charge in [-0.25, -0.2) is 0 Å². The van der Waals surface area contributed by atoms with Crippen LogP contribution in [-0.4, -0.2) is 33.1 Å². The third-order valence-corrected chi connectivity index (χ3v) is 3.00. The summed E-state index contributed by atoms with van der Waals surface area (Å²) in [6.07, 6.45) is 0.626. The zero-order valence-corrected chi connectivity index (χ0v) is 11.8. The number of methoxy groups -OCH3 is 3. The number of hydrogen-bond donors (Lipinski definition) is 1. The standard InChI is InChI=1S/C14H18N2O4/c1-17-7-6-10-13(14(15)20-16-10)9-4-5-11(18-2)12(8-9)19-3/h4-5,8H,6-7,15H2,1-3H3. The number of rotatable bonds is 6. The molecule has 1 aromatic carbocycles. The van der Waals surface area contributed by atoms with Gasteiger partial charge in [0.15, 0.2) is 11.5 Å². The van der Waals surface area contributed by atoms with Crippen LogP contribution in [0.25, 0.3) is 11.1 Å². The van der Waals surface area contributed by atoms with Crippen molar-refractivity contribution in [2.75, 3.05) is 33.7 Å². The summed E-state index contributed by atoms with van der Waals surface area (Å²) in [5.74, 6) is 1.57. The van der Waals surface area contributed by atoms with E-state index in [9.17, 15) is 0 Å². The summed E-state index contributed by atoms with van der Waals surface area (Å²) in [6.45, 7) is 0.548. The van der Waals surface area contributed by atoms with E-state index in [1.807, 2.05) is 18.2 Å². The van der Waals surface area contributed by atoms with Gasteiger partial charge in [0, 0.05) is 13.5 Å². The Morgan fingerprint density at radius 2 is 1.90 bits per heavy atom. The van der Waals surface area contributed by atoms with Gasteiger partial charge >= 0.3 is 0 Å². The molecule has 0 bridgehead atoms. The van der Waals surface area contributed by atoms with Gasteiger partial charge in [0.25, 0.3) is 0 Å². The normalized spacial score (nSPS) is 10.6. The van der Waals surface area contributed by atoms with Gasteiger partial charge in [-0.05, 0) is 17.7 Å².